The Kier molecular flexibility index (Phi) is 4.45. The fourth-order valence-electron chi connectivity index (χ4n) is 3.35. The minimum atomic E-state index is -4.93. The number of tetrazole rings is 1. The van der Waals surface area contributed by atoms with Crippen molar-refractivity contribution in [3.63, 3.8) is 0 Å². The van der Waals surface area contributed by atoms with Crippen molar-refractivity contribution < 1.29 is 26.3 Å². The number of nitrogens with one attached hydrogen (secondary N) is 1. The summed E-state index contributed by atoms with van der Waals surface area (Å²) in [7, 11) is -4.36. The summed E-state index contributed by atoms with van der Waals surface area (Å²) in [5, 5.41) is 25.6. The minimum absolute atomic E-state index is 0.152. The third-order valence-electron chi connectivity index (χ3n) is 4.49. The van der Waals surface area contributed by atoms with E-state index in [9.17, 15) is 26.8 Å². The second-order valence-electron chi connectivity index (χ2n) is 6.48. The molecule has 2 aromatic heterocycles. The summed E-state index contributed by atoms with van der Waals surface area (Å²) in [6.45, 7) is 0. The first kappa shape index (κ1) is 19.8. The molecule has 4 rings (SSSR count). The first-order valence-electron chi connectivity index (χ1n) is 8.37. The van der Waals surface area contributed by atoms with Crippen LogP contribution < -0.4 is 4.73 Å². The molecule has 2 aromatic carbocycles. The Bertz CT molecular complexity index is 1370. The first-order valence-corrected chi connectivity index (χ1v) is 10.3. The van der Waals surface area contributed by atoms with Crippen molar-refractivity contribution in [1.29, 1.82) is 0 Å². The normalized spacial score (nSPS) is 12.4. The van der Waals surface area contributed by atoms with Crippen LogP contribution in [0.15, 0.2) is 53.7 Å². The van der Waals surface area contributed by atoms with Gasteiger partial charge in [0.25, 0.3) is 0 Å². The summed E-state index contributed by atoms with van der Waals surface area (Å²) >= 11 is 0. The molecule has 12 heteroatoms. The average Bonchev–Trinajstić information content (AvgIpc) is 3.19. The number of sulfone groups is 1. The van der Waals surface area contributed by atoms with Crippen LogP contribution in [0, 0.1) is 5.21 Å². The lowest BCUT2D eigenvalue weighted by Gasteiger charge is -2.18. The van der Waals surface area contributed by atoms with Gasteiger partial charge in [0.05, 0.1) is 16.0 Å². The Morgan fingerprint density at radius 2 is 1.87 bits per heavy atom. The zero-order chi connectivity index (χ0) is 21.7. The van der Waals surface area contributed by atoms with Crippen molar-refractivity contribution >= 4 is 20.6 Å². The van der Waals surface area contributed by atoms with E-state index in [1.165, 1.54) is 18.5 Å². The molecule has 0 amide bonds. The van der Waals surface area contributed by atoms with Crippen LogP contribution in [0.4, 0.5) is 13.2 Å². The SMILES string of the molecule is CS(=O)(=O)c1c(C(F)(F)F)ccc(-c2cccc3c[n+]([O-])ccc23)c1-c1nn[nH]n1. The van der Waals surface area contributed by atoms with Gasteiger partial charge in [-0.1, -0.05) is 18.2 Å². The molecule has 8 nitrogen and oxygen atoms in total. The zero-order valence-electron chi connectivity index (χ0n) is 15.2. The molecule has 0 aliphatic heterocycles. The van der Waals surface area contributed by atoms with Gasteiger partial charge in [0.1, 0.15) is 0 Å². The predicted octanol–water partition coefficient (Wildman–Crippen LogP) is 2.74. The van der Waals surface area contributed by atoms with E-state index in [0.29, 0.717) is 33.4 Å². The number of hydrogen-bond donors (Lipinski definition) is 1. The molecular formula is C18H12F3N5O3S. The highest BCUT2D eigenvalue weighted by molar-refractivity contribution is 7.91. The van der Waals surface area contributed by atoms with E-state index in [1.807, 2.05) is 0 Å². The Balaban J connectivity index is 2.18. The summed E-state index contributed by atoms with van der Waals surface area (Å²) in [5.41, 5.74) is -1.09. The summed E-state index contributed by atoms with van der Waals surface area (Å²) < 4.78 is 66.5. The van der Waals surface area contributed by atoms with Crippen molar-refractivity contribution in [3.8, 4) is 22.5 Å². The molecule has 0 saturated carbocycles. The van der Waals surface area contributed by atoms with E-state index < -0.39 is 26.5 Å². The van der Waals surface area contributed by atoms with E-state index in [-0.39, 0.29) is 17.0 Å². The number of H-pyrrole nitrogens is 1. The summed E-state index contributed by atoms with van der Waals surface area (Å²) in [6, 6.07) is 8.24. The van der Waals surface area contributed by atoms with Crippen LogP contribution in [0.3, 0.4) is 0 Å². The molecule has 0 saturated heterocycles. The lowest BCUT2D eigenvalue weighted by Crippen LogP contribution is -2.23. The number of alkyl halides is 3. The van der Waals surface area contributed by atoms with Gasteiger partial charge in [0.15, 0.2) is 22.2 Å². The highest BCUT2D eigenvalue weighted by atomic mass is 32.2. The number of nitrogens with zero attached hydrogens (tertiary/aromatic N) is 4. The van der Waals surface area contributed by atoms with Crippen LogP contribution in [0.1, 0.15) is 5.56 Å². The Hall–Kier alpha value is -3.54. The summed E-state index contributed by atoms with van der Waals surface area (Å²) in [5.74, 6) is -0.302. The number of benzene rings is 2. The minimum Gasteiger partial charge on any atom is -0.619 e. The van der Waals surface area contributed by atoms with Crippen molar-refractivity contribution in [3.05, 3.63) is 59.6 Å². The molecule has 4 aromatic rings. The lowest BCUT2D eigenvalue weighted by atomic mass is 9.93. The largest absolute Gasteiger partial charge is 0.619 e. The molecule has 0 spiro atoms. The van der Waals surface area contributed by atoms with E-state index in [1.54, 1.807) is 18.2 Å². The molecule has 154 valence electrons. The average molecular weight is 435 g/mol. The number of fused-ring (bicyclic) bond motifs is 1. The molecule has 30 heavy (non-hydrogen) atoms. The van der Waals surface area contributed by atoms with Crippen LogP contribution in [-0.4, -0.2) is 35.3 Å². The second-order valence-corrected chi connectivity index (χ2v) is 8.44. The molecule has 0 radical (unpaired) electrons. The maximum Gasteiger partial charge on any atom is 0.417 e. The highest BCUT2D eigenvalue weighted by Gasteiger charge is 2.39. The van der Waals surface area contributed by atoms with Gasteiger partial charge in [-0.05, 0) is 28.5 Å². The van der Waals surface area contributed by atoms with Crippen molar-refractivity contribution in [1.82, 2.24) is 20.6 Å². The molecule has 0 fully saturated rings. The predicted molar refractivity (Wildman–Crippen MR) is 99.6 cm³/mol. The fourth-order valence-corrected chi connectivity index (χ4v) is 4.51. The maximum absolute atomic E-state index is 13.7. The van der Waals surface area contributed by atoms with Gasteiger partial charge in [-0.2, -0.15) is 23.1 Å². The van der Waals surface area contributed by atoms with Crippen molar-refractivity contribution in [2.75, 3.05) is 6.26 Å². The second kappa shape index (κ2) is 6.76. The smallest absolute Gasteiger partial charge is 0.417 e. The molecule has 2 heterocycles. The first-order chi connectivity index (χ1) is 14.1. The van der Waals surface area contributed by atoms with E-state index >= 15 is 0 Å². The van der Waals surface area contributed by atoms with Gasteiger partial charge < -0.3 is 5.21 Å². The van der Waals surface area contributed by atoms with Gasteiger partial charge >= 0.3 is 6.18 Å². The molecule has 0 atom stereocenters. The number of rotatable bonds is 3. The van der Waals surface area contributed by atoms with Crippen molar-refractivity contribution in [2.45, 2.75) is 11.1 Å². The quantitative estimate of drug-likeness (QED) is 0.391. The van der Waals surface area contributed by atoms with Gasteiger partial charge in [-0.25, -0.2) is 8.42 Å². The topological polar surface area (TPSA) is 116 Å². The number of halogens is 3. The van der Waals surface area contributed by atoms with E-state index in [4.69, 9.17) is 0 Å². The monoisotopic (exact) mass is 435 g/mol. The van der Waals surface area contributed by atoms with Crippen LogP contribution in [0.25, 0.3) is 33.3 Å². The standard InChI is InChI=1S/C18H12F3N5O3S/c1-30(28,29)16-14(18(19,20)21)6-5-13(15(16)17-22-24-25-23-17)12-4-2-3-10-9-26(27)8-7-11(10)12/h2-9H,1H3,(H,22,23,24,25). The number of pyridine rings is 1. The molecule has 0 bridgehead atoms. The van der Waals surface area contributed by atoms with Gasteiger partial charge in [-0.15, -0.1) is 10.2 Å². The van der Waals surface area contributed by atoms with Gasteiger partial charge in [0, 0.05) is 23.1 Å². The lowest BCUT2D eigenvalue weighted by molar-refractivity contribution is -0.603. The van der Waals surface area contributed by atoms with Gasteiger partial charge in [-0.3, -0.25) is 0 Å². The fraction of sp³-hybridized carbons (Fsp3) is 0.111. The molecule has 0 aliphatic carbocycles. The third kappa shape index (κ3) is 3.34. The molecule has 0 aliphatic rings. The van der Waals surface area contributed by atoms with Gasteiger partial charge in [0.2, 0.25) is 5.82 Å². The molecular weight excluding hydrogens is 423 g/mol. The number of hydrogen-bond acceptors (Lipinski definition) is 6. The number of aromatic amines is 1. The Morgan fingerprint density at radius 1 is 1.10 bits per heavy atom. The van der Waals surface area contributed by atoms with Crippen LogP contribution in [-0.2, 0) is 16.0 Å². The maximum atomic E-state index is 13.7. The highest BCUT2D eigenvalue weighted by Crippen LogP contribution is 2.44. The Labute approximate surface area is 167 Å². The van der Waals surface area contributed by atoms with Crippen LogP contribution in [0.5, 0.6) is 0 Å². The van der Waals surface area contributed by atoms with Crippen molar-refractivity contribution in [2.24, 2.45) is 0 Å². The van der Waals surface area contributed by atoms with E-state index in [0.717, 1.165) is 6.07 Å². The summed E-state index contributed by atoms with van der Waals surface area (Å²) in [6.07, 6.45) is -1.70. The number of aromatic nitrogens is 5. The van der Waals surface area contributed by atoms with Crippen LogP contribution in [0.2, 0.25) is 0 Å². The van der Waals surface area contributed by atoms with Crippen LogP contribution >= 0.6 is 0 Å². The Morgan fingerprint density at radius 3 is 2.50 bits per heavy atom. The third-order valence-corrected chi connectivity index (χ3v) is 5.65. The zero-order valence-corrected chi connectivity index (χ0v) is 16.0. The molecule has 1 N–H and O–H groups in total. The molecule has 0 unspecified atom stereocenters. The van der Waals surface area contributed by atoms with E-state index in [2.05, 4.69) is 20.6 Å². The summed E-state index contributed by atoms with van der Waals surface area (Å²) in [4.78, 5) is -0.944.